The van der Waals surface area contributed by atoms with Gasteiger partial charge in [-0.25, -0.2) is 0 Å². The van der Waals surface area contributed by atoms with E-state index in [0.717, 1.165) is 12.8 Å². The van der Waals surface area contributed by atoms with Crippen molar-refractivity contribution >= 4 is 29.5 Å². The first-order valence-electron chi connectivity index (χ1n) is 7.64. The standard InChI is InChI=1S/C15H30O2S2/c1-2-3-9-12-18-14-19-13-10-7-5-4-6-8-11-15(16)17/h2-14H2,1H3,(H,16,17). The molecule has 0 fully saturated rings. The summed E-state index contributed by atoms with van der Waals surface area (Å²) in [4.78, 5) is 10.3. The van der Waals surface area contributed by atoms with Crippen LogP contribution in [0, 0.1) is 0 Å². The number of unbranched alkanes of at least 4 members (excludes halogenated alkanes) is 7. The van der Waals surface area contributed by atoms with Gasteiger partial charge in [0, 0.05) is 11.5 Å². The number of carboxylic acids is 1. The molecule has 0 amide bonds. The molecule has 0 aliphatic rings. The zero-order valence-electron chi connectivity index (χ0n) is 12.4. The third-order valence-electron chi connectivity index (χ3n) is 2.99. The smallest absolute Gasteiger partial charge is 0.303 e. The number of carboxylic acid groups (broad SMARTS) is 1. The zero-order chi connectivity index (χ0) is 14.2. The van der Waals surface area contributed by atoms with E-state index in [2.05, 4.69) is 30.4 Å². The first kappa shape index (κ1) is 19.2. The summed E-state index contributed by atoms with van der Waals surface area (Å²) in [5.41, 5.74) is 0. The van der Waals surface area contributed by atoms with Crippen molar-refractivity contribution in [3.8, 4) is 0 Å². The summed E-state index contributed by atoms with van der Waals surface area (Å²) in [6, 6.07) is 0. The highest BCUT2D eigenvalue weighted by Crippen LogP contribution is 2.16. The molecule has 1 N–H and O–H groups in total. The van der Waals surface area contributed by atoms with E-state index in [0.29, 0.717) is 6.42 Å². The van der Waals surface area contributed by atoms with Crippen LogP contribution < -0.4 is 0 Å². The summed E-state index contributed by atoms with van der Waals surface area (Å²) in [5.74, 6) is 1.95. The first-order valence-corrected chi connectivity index (χ1v) is 9.95. The molecule has 0 aliphatic heterocycles. The van der Waals surface area contributed by atoms with Crippen LogP contribution in [-0.2, 0) is 4.79 Å². The first-order chi connectivity index (χ1) is 9.27. The molecule has 0 saturated heterocycles. The van der Waals surface area contributed by atoms with Crippen LogP contribution in [-0.4, -0.2) is 27.7 Å². The van der Waals surface area contributed by atoms with E-state index in [-0.39, 0.29) is 0 Å². The van der Waals surface area contributed by atoms with Gasteiger partial charge < -0.3 is 5.11 Å². The van der Waals surface area contributed by atoms with Crippen LogP contribution in [0.15, 0.2) is 0 Å². The lowest BCUT2D eigenvalue weighted by Gasteiger charge is -2.02. The molecule has 19 heavy (non-hydrogen) atoms. The molecular formula is C15H30O2S2. The van der Waals surface area contributed by atoms with Crippen LogP contribution in [0.1, 0.15) is 71.1 Å². The monoisotopic (exact) mass is 306 g/mol. The van der Waals surface area contributed by atoms with E-state index in [9.17, 15) is 4.79 Å². The topological polar surface area (TPSA) is 37.3 Å². The lowest BCUT2D eigenvalue weighted by Crippen LogP contribution is -1.93. The number of hydrogen-bond acceptors (Lipinski definition) is 3. The van der Waals surface area contributed by atoms with Crippen LogP contribution in [0.3, 0.4) is 0 Å². The van der Waals surface area contributed by atoms with Crippen LogP contribution >= 0.6 is 23.5 Å². The summed E-state index contributed by atoms with van der Waals surface area (Å²) in [6.45, 7) is 2.25. The minimum atomic E-state index is -0.659. The number of thioether (sulfide) groups is 2. The van der Waals surface area contributed by atoms with Crippen LogP contribution in [0.2, 0.25) is 0 Å². The highest BCUT2D eigenvalue weighted by atomic mass is 32.2. The molecule has 0 atom stereocenters. The fraction of sp³-hybridized carbons (Fsp3) is 0.933. The third kappa shape index (κ3) is 18.2. The van der Waals surface area contributed by atoms with Gasteiger partial charge in [-0.15, -0.1) is 0 Å². The van der Waals surface area contributed by atoms with Crippen molar-refractivity contribution in [2.24, 2.45) is 0 Å². The predicted octanol–water partition coefficient (Wildman–Crippen LogP) is 5.42. The Bertz CT molecular complexity index is 199. The summed E-state index contributed by atoms with van der Waals surface area (Å²) in [5, 5.41) is 9.75. The molecular weight excluding hydrogens is 276 g/mol. The highest BCUT2D eigenvalue weighted by Gasteiger charge is 1.97. The van der Waals surface area contributed by atoms with E-state index >= 15 is 0 Å². The molecule has 0 saturated carbocycles. The van der Waals surface area contributed by atoms with Crippen molar-refractivity contribution < 1.29 is 9.90 Å². The summed E-state index contributed by atoms with van der Waals surface area (Å²) in [6.07, 6.45) is 11.4. The molecule has 0 rings (SSSR count). The largest absolute Gasteiger partial charge is 0.481 e. The SMILES string of the molecule is CCCCCSCSCCCCCCCCC(=O)O. The maximum Gasteiger partial charge on any atom is 0.303 e. The Morgan fingerprint density at radius 1 is 0.842 bits per heavy atom. The normalized spacial score (nSPS) is 10.8. The molecule has 0 aliphatic carbocycles. The molecule has 0 unspecified atom stereocenters. The predicted molar refractivity (Wildman–Crippen MR) is 89.3 cm³/mol. The van der Waals surface area contributed by atoms with Crippen molar-refractivity contribution in [1.29, 1.82) is 0 Å². The average molecular weight is 307 g/mol. The fourth-order valence-corrected chi connectivity index (χ4v) is 4.05. The second-order valence-electron chi connectivity index (χ2n) is 4.91. The second-order valence-corrected chi connectivity index (χ2v) is 7.48. The summed E-state index contributed by atoms with van der Waals surface area (Å²) in [7, 11) is 0. The van der Waals surface area contributed by atoms with Gasteiger partial charge in [0.1, 0.15) is 0 Å². The van der Waals surface area contributed by atoms with Gasteiger partial charge in [-0.05, 0) is 30.8 Å². The van der Waals surface area contributed by atoms with E-state index in [1.54, 1.807) is 0 Å². The quantitative estimate of drug-likeness (QED) is 0.324. The molecule has 0 aromatic carbocycles. The molecule has 2 nitrogen and oxygen atoms in total. The van der Waals surface area contributed by atoms with Crippen molar-refractivity contribution in [3.63, 3.8) is 0 Å². The average Bonchev–Trinajstić information content (AvgIpc) is 2.39. The molecule has 114 valence electrons. The van der Waals surface area contributed by atoms with E-state index in [1.807, 2.05) is 0 Å². The van der Waals surface area contributed by atoms with Gasteiger partial charge in [0.15, 0.2) is 0 Å². The zero-order valence-corrected chi connectivity index (χ0v) is 14.0. The summed E-state index contributed by atoms with van der Waals surface area (Å²) >= 11 is 4.15. The van der Waals surface area contributed by atoms with Crippen molar-refractivity contribution in [1.82, 2.24) is 0 Å². The Labute approximate surface area is 127 Å². The van der Waals surface area contributed by atoms with Gasteiger partial charge in [0.2, 0.25) is 0 Å². The van der Waals surface area contributed by atoms with E-state index in [4.69, 9.17) is 5.11 Å². The Kier molecular flexibility index (Phi) is 16.4. The van der Waals surface area contributed by atoms with Gasteiger partial charge in [0.05, 0.1) is 0 Å². The molecule has 0 radical (unpaired) electrons. The third-order valence-corrected chi connectivity index (χ3v) is 5.48. The number of carbonyl (C=O) groups is 1. The van der Waals surface area contributed by atoms with Crippen molar-refractivity contribution in [3.05, 3.63) is 0 Å². The summed E-state index contributed by atoms with van der Waals surface area (Å²) < 4.78 is 0. The Morgan fingerprint density at radius 3 is 1.95 bits per heavy atom. The lowest BCUT2D eigenvalue weighted by atomic mass is 10.1. The van der Waals surface area contributed by atoms with Gasteiger partial charge in [0.25, 0.3) is 0 Å². The minimum Gasteiger partial charge on any atom is -0.481 e. The Morgan fingerprint density at radius 2 is 1.37 bits per heavy atom. The molecule has 4 heteroatoms. The number of hydrogen-bond donors (Lipinski definition) is 1. The van der Waals surface area contributed by atoms with E-state index in [1.165, 1.54) is 61.5 Å². The molecule has 0 heterocycles. The molecule has 0 bridgehead atoms. The Balaban J connectivity index is 2.93. The van der Waals surface area contributed by atoms with Crippen molar-refractivity contribution in [2.45, 2.75) is 71.1 Å². The maximum atomic E-state index is 10.3. The number of rotatable bonds is 15. The maximum absolute atomic E-state index is 10.3. The molecule has 0 aromatic rings. The molecule has 0 aromatic heterocycles. The molecule has 0 spiro atoms. The van der Waals surface area contributed by atoms with Gasteiger partial charge in [-0.2, -0.15) is 23.5 Å². The Hall–Kier alpha value is 0.170. The fourth-order valence-electron chi connectivity index (χ4n) is 1.82. The van der Waals surface area contributed by atoms with Crippen molar-refractivity contribution in [2.75, 3.05) is 16.6 Å². The van der Waals surface area contributed by atoms with E-state index < -0.39 is 5.97 Å². The second kappa shape index (κ2) is 16.2. The van der Waals surface area contributed by atoms with Crippen LogP contribution in [0.25, 0.3) is 0 Å². The highest BCUT2D eigenvalue weighted by molar-refractivity contribution is 8.15. The minimum absolute atomic E-state index is 0.338. The lowest BCUT2D eigenvalue weighted by molar-refractivity contribution is -0.137. The van der Waals surface area contributed by atoms with Gasteiger partial charge >= 0.3 is 5.97 Å². The number of aliphatic carboxylic acids is 1. The van der Waals surface area contributed by atoms with Gasteiger partial charge in [-0.1, -0.05) is 45.4 Å². The van der Waals surface area contributed by atoms with Crippen LogP contribution in [0.5, 0.6) is 0 Å². The van der Waals surface area contributed by atoms with Gasteiger partial charge in [-0.3, -0.25) is 4.79 Å². The van der Waals surface area contributed by atoms with Crippen LogP contribution in [0.4, 0.5) is 0 Å².